The fourth-order valence-corrected chi connectivity index (χ4v) is 3.43. The van der Waals surface area contributed by atoms with Crippen LogP contribution < -0.4 is 10.1 Å². The van der Waals surface area contributed by atoms with Gasteiger partial charge in [0.15, 0.2) is 11.5 Å². The third kappa shape index (κ3) is 2.04. The quantitative estimate of drug-likeness (QED) is 0.882. The number of aromatic hydroxyl groups is 1. The van der Waals surface area contributed by atoms with Crippen molar-refractivity contribution in [2.45, 2.75) is 32.2 Å². The summed E-state index contributed by atoms with van der Waals surface area (Å²) >= 11 is 3.41. The van der Waals surface area contributed by atoms with Crippen LogP contribution in [0.1, 0.15) is 30.9 Å². The van der Waals surface area contributed by atoms with Gasteiger partial charge in [-0.05, 0) is 60.8 Å². The number of phenols is 1. The van der Waals surface area contributed by atoms with Crippen molar-refractivity contribution in [2.24, 2.45) is 0 Å². The molecule has 0 amide bonds. The molecular weight excluding hydrogens is 282 g/mol. The lowest BCUT2D eigenvalue weighted by molar-refractivity contribution is 0.348. The van der Waals surface area contributed by atoms with E-state index in [0.717, 1.165) is 35.0 Å². The molecule has 0 spiro atoms. The maximum Gasteiger partial charge on any atom is 0.175 e. The molecule has 17 heavy (non-hydrogen) atoms. The molecule has 2 rings (SSSR count). The molecule has 3 nitrogen and oxygen atoms in total. The maximum atomic E-state index is 10.4. The van der Waals surface area contributed by atoms with Gasteiger partial charge >= 0.3 is 0 Å². The summed E-state index contributed by atoms with van der Waals surface area (Å²) in [5, 5.41) is 13.9. The van der Waals surface area contributed by atoms with E-state index in [4.69, 9.17) is 4.74 Å². The summed E-state index contributed by atoms with van der Waals surface area (Å²) in [4.78, 5) is 0. The average molecular weight is 300 g/mol. The summed E-state index contributed by atoms with van der Waals surface area (Å²) in [7, 11) is 1.57. The molecule has 1 fully saturated rings. The summed E-state index contributed by atoms with van der Waals surface area (Å²) in [6, 6.07) is 2.00. The van der Waals surface area contributed by atoms with Gasteiger partial charge in [-0.3, -0.25) is 0 Å². The summed E-state index contributed by atoms with van der Waals surface area (Å²) in [6.45, 7) is 5.15. The third-order valence-corrected chi connectivity index (χ3v) is 4.12. The first-order chi connectivity index (χ1) is 7.99. The Hall–Kier alpha value is -0.740. The van der Waals surface area contributed by atoms with Crippen molar-refractivity contribution in [3.05, 3.63) is 21.7 Å². The molecule has 0 aliphatic carbocycles. The van der Waals surface area contributed by atoms with Crippen LogP contribution in [0.25, 0.3) is 0 Å². The van der Waals surface area contributed by atoms with Crippen LogP contribution in [-0.4, -0.2) is 18.8 Å². The van der Waals surface area contributed by atoms with Gasteiger partial charge in [-0.2, -0.15) is 0 Å². The van der Waals surface area contributed by atoms with Gasteiger partial charge in [0, 0.05) is 11.1 Å². The van der Waals surface area contributed by atoms with Crippen molar-refractivity contribution in [2.75, 3.05) is 13.7 Å². The number of benzene rings is 1. The molecule has 2 N–H and O–H groups in total. The van der Waals surface area contributed by atoms with Gasteiger partial charge in [0.05, 0.1) is 11.6 Å². The van der Waals surface area contributed by atoms with Crippen LogP contribution >= 0.6 is 15.9 Å². The smallest absolute Gasteiger partial charge is 0.175 e. The lowest BCUT2D eigenvalue weighted by atomic mass is 9.86. The zero-order valence-electron chi connectivity index (χ0n) is 10.4. The van der Waals surface area contributed by atoms with E-state index in [1.807, 2.05) is 13.0 Å². The number of phenolic OH excluding ortho intramolecular Hbond substituents is 1. The van der Waals surface area contributed by atoms with Crippen molar-refractivity contribution in [3.63, 3.8) is 0 Å². The Labute approximate surface area is 110 Å². The zero-order valence-corrected chi connectivity index (χ0v) is 12.0. The van der Waals surface area contributed by atoms with Gasteiger partial charge in [-0.25, -0.2) is 0 Å². The summed E-state index contributed by atoms with van der Waals surface area (Å²) in [5.74, 6) is 0.761. The van der Waals surface area contributed by atoms with Crippen molar-refractivity contribution in [3.8, 4) is 11.5 Å². The van der Waals surface area contributed by atoms with Gasteiger partial charge in [0.2, 0.25) is 0 Å². The minimum absolute atomic E-state index is 0.151. The molecule has 4 heteroatoms. The molecule has 1 aromatic carbocycles. The van der Waals surface area contributed by atoms with E-state index in [1.165, 1.54) is 0 Å². The van der Waals surface area contributed by atoms with Crippen molar-refractivity contribution in [1.29, 1.82) is 0 Å². The summed E-state index contributed by atoms with van der Waals surface area (Å²) < 4.78 is 6.04. The first-order valence-corrected chi connectivity index (χ1v) is 6.60. The molecule has 1 aromatic rings. The predicted octanol–water partition coefficient (Wildman–Crippen LogP) is 3.07. The molecule has 1 aliphatic heterocycles. The Morgan fingerprint density at radius 1 is 1.53 bits per heavy atom. The SMILES string of the molecule is COc1c(Br)cc(C)c(C2(C)CCCN2)c1O. The topological polar surface area (TPSA) is 41.5 Å². The summed E-state index contributed by atoms with van der Waals surface area (Å²) in [5.41, 5.74) is 1.88. The highest BCUT2D eigenvalue weighted by atomic mass is 79.9. The van der Waals surface area contributed by atoms with Crippen molar-refractivity contribution in [1.82, 2.24) is 5.32 Å². The number of methoxy groups -OCH3 is 1. The fourth-order valence-electron chi connectivity index (χ4n) is 2.74. The minimum atomic E-state index is -0.151. The highest BCUT2D eigenvalue weighted by Crippen LogP contribution is 2.46. The van der Waals surface area contributed by atoms with Gasteiger partial charge < -0.3 is 15.2 Å². The number of halogens is 1. The van der Waals surface area contributed by atoms with Crippen LogP contribution in [-0.2, 0) is 5.54 Å². The lowest BCUT2D eigenvalue weighted by Crippen LogP contribution is -2.34. The van der Waals surface area contributed by atoms with Gasteiger partial charge in [-0.1, -0.05) is 0 Å². The van der Waals surface area contributed by atoms with Crippen LogP contribution in [0.3, 0.4) is 0 Å². The maximum absolute atomic E-state index is 10.4. The Kier molecular flexibility index (Phi) is 3.36. The Morgan fingerprint density at radius 3 is 2.76 bits per heavy atom. The van der Waals surface area contributed by atoms with E-state index in [0.29, 0.717) is 5.75 Å². The van der Waals surface area contributed by atoms with E-state index >= 15 is 0 Å². The fraction of sp³-hybridized carbons (Fsp3) is 0.538. The second-order valence-corrected chi connectivity index (χ2v) is 5.65. The van der Waals surface area contributed by atoms with Crippen LogP contribution in [0, 0.1) is 6.92 Å². The summed E-state index contributed by atoms with van der Waals surface area (Å²) in [6.07, 6.45) is 2.17. The molecule has 1 unspecified atom stereocenters. The number of ether oxygens (including phenoxy) is 1. The molecule has 0 radical (unpaired) electrons. The molecule has 94 valence electrons. The van der Waals surface area contributed by atoms with Gasteiger partial charge in [0.25, 0.3) is 0 Å². The first-order valence-electron chi connectivity index (χ1n) is 5.81. The van der Waals surface area contributed by atoms with Crippen LogP contribution in [0.4, 0.5) is 0 Å². The molecule has 0 saturated carbocycles. The molecule has 0 bridgehead atoms. The predicted molar refractivity (Wildman–Crippen MR) is 71.7 cm³/mol. The van der Waals surface area contributed by atoms with E-state index in [9.17, 15) is 5.11 Å². The zero-order chi connectivity index (χ0) is 12.6. The van der Waals surface area contributed by atoms with Crippen LogP contribution in [0.2, 0.25) is 0 Å². The Bertz CT molecular complexity index is 440. The van der Waals surface area contributed by atoms with Crippen LogP contribution in [0.15, 0.2) is 10.5 Å². The number of hydrogen-bond acceptors (Lipinski definition) is 3. The minimum Gasteiger partial charge on any atom is -0.504 e. The highest BCUT2D eigenvalue weighted by molar-refractivity contribution is 9.10. The standard InChI is InChI=1S/C13H18BrNO2/c1-8-7-9(14)12(17-3)11(16)10(8)13(2)5-4-6-15-13/h7,15-16H,4-6H2,1-3H3. The van der Waals surface area contributed by atoms with Gasteiger partial charge in [-0.15, -0.1) is 0 Å². The average Bonchev–Trinajstić information content (AvgIpc) is 2.65. The normalized spacial score (nSPS) is 24.0. The highest BCUT2D eigenvalue weighted by Gasteiger charge is 2.35. The second kappa shape index (κ2) is 4.50. The molecule has 1 atom stereocenters. The molecule has 1 aliphatic rings. The Balaban J connectivity index is 2.60. The van der Waals surface area contributed by atoms with Crippen molar-refractivity contribution < 1.29 is 9.84 Å². The largest absolute Gasteiger partial charge is 0.504 e. The second-order valence-electron chi connectivity index (χ2n) is 4.79. The van der Waals surface area contributed by atoms with Crippen LogP contribution in [0.5, 0.6) is 11.5 Å². The van der Waals surface area contributed by atoms with Crippen molar-refractivity contribution >= 4 is 15.9 Å². The monoisotopic (exact) mass is 299 g/mol. The molecule has 1 heterocycles. The number of hydrogen-bond donors (Lipinski definition) is 2. The van der Waals surface area contributed by atoms with E-state index in [-0.39, 0.29) is 11.3 Å². The third-order valence-electron chi connectivity index (χ3n) is 3.53. The lowest BCUT2D eigenvalue weighted by Gasteiger charge is -2.29. The van der Waals surface area contributed by atoms with E-state index in [2.05, 4.69) is 28.2 Å². The first kappa shape index (κ1) is 12.7. The Morgan fingerprint density at radius 2 is 2.24 bits per heavy atom. The van der Waals surface area contributed by atoms with E-state index in [1.54, 1.807) is 7.11 Å². The van der Waals surface area contributed by atoms with Gasteiger partial charge in [0.1, 0.15) is 0 Å². The number of aryl methyl sites for hydroxylation is 1. The van der Waals surface area contributed by atoms with E-state index < -0.39 is 0 Å². The molecule has 1 saturated heterocycles. The molecular formula is C13H18BrNO2. The number of nitrogens with one attached hydrogen (secondary N) is 1. The number of rotatable bonds is 2. The molecule has 0 aromatic heterocycles.